The van der Waals surface area contributed by atoms with Crippen LogP contribution < -0.4 is 25.5 Å². The Morgan fingerprint density at radius 1 is 1.08 bits per heavy atom. The standard InChI is InChI=1S/C32H35F4N7O2.C2H3F3.C2H6/c1-17(28-18(2)42(4)26-7-8-27(44)23(13-37)29(26)28)24(32(34,35)36)11-22-25(12-33)39-31(45-16-21-9-10-41(21)3)40-30(22)43-14-19-5-6-20(15-43)38-19;1-2(3,4)5;1-2/h7-8,11-12,19-21,38,44H,5-6,9-10,14-16H2,1-4H3;1H3;1-2H3/b22-11+,24-17-,25-12-;;/t19?,20?,21-;;/m0../s1. The zero-order chi connectivity index (χ0) is 38.7. The van der Waals surface area contributed by atoms with Gasteiger partial charge in [-0.2, -0.15) is 41.6 Å². The highest BCUT2D eigenvalue weighted by Gasteiger charge is 2.37. The van der Waals surface area contributed by atoms with Crippen molar-refractivity contribution in [2.24, 2.45) is 7.05 Å². The molecular weight excluding hydrogens is 695 g/mol. The normalized spacial score (nSPS) is 21.5. The predicted molar refractivity (Wildman–Crippen MR) is 186 cm³/mol. The molecule has 0 radical (unpaired) electrons. The highest BCUT2D eigenvalue weighted by atomic mass is 19.4. The Morgan fingerprint density at radius 2 is 1.69 bits per heavy atom. The molecule has 284 valence electrons. The van der Waals surface area contributed by atoms with E-state index in [0.29, 0.717) is 24.3 Å². The number of halogens is 7. The molecule has 1 aromatic carbocycles. The van der Waals surface area contributed by atoms with Crippen molar-refractivity contribution >= 4 is 34.7 Å². The fourth-order valence-electron chi connectivity index (χ4n) is 6.80. The summed E-state index contributed by atoms with van der Waals surface area (Å²) in [6, 6.07) is 5.18. The molecule has 52 heavy (non-hydrogen) atoms. The molecule has 3 saturated heterocycles. The summed E-state index contributed by atoms with van der Waals surface area (Å²) in [7, 11) is 3.65. The van der Waals surface area contributed by atoms with Gasteiger partial charge in [0.15, 0.2) is 0 Å². The van der Waals surface area contributed by atoms with Crippen molar-refractivity contribution in [1.29, 1.82) is 5.26 Å². The Bertz CT molecular complexity index is 1950. The maximum absolute atomic E-state index is 15.0. The van der Waals surface area contributed by atoms with Gasteiger partial charge in [0.05, 0.1) is 11.1 Å². The quantitative estimate of drug-likeness (QED) is 0.298. The number of aryl methyl sites for hydroxylation is 1. The Morgan fingerprint density at radius 3 is 2.19 bits per heavy atom. The van der Waals surface area contributed by atoms with Gasteiger partial charge in [0.1, 0.15) is 41.5 Å². The summed E-state index contributed by atoms with van der Waals surface area (Å²) in [4.78, 5) is 12.8. The van der Waals surface area contributed by atoms with Gasteiger partial charge in [0.2, 0.25) is 0 Å². The molecule has 16 heteroatoms. The minimum Gasteiger partial charge on any atom is -0.507 e. The largest absolute Gasteiger partial charge is 0.507 e. The molecule has 0 amide bonds. The van der Waals surface area contributed by atoms with Gasteiger partial charge < -0.3 is 24.6 Å². The number of hydrogen-bond acceptors (Lipinski definition) is 8. The zero-order valence-corrected chi connectivity index (χ0v) is 30.2. The Hall–Kier alpha value is -4.36. The maximum Gasteiger partial charge on any atom is 0.416 e. The number of fused-ring (bicyclic) bond motifs is 3. The van der Waals surface area contributed by atoms with E-state index in [1.165, 1.54) is 13.0 Å². The second-order valence-corrected chi connectivity index (χ2v) is 13.0. The number of alkyl halides is 6. The second kappa shape index (κ2) is 16.1. The molecule has 3 aliphatic heterocycles. The molecular formula is C36H44F7N7O2. The fourth-order valence-corrected chi connectivity index (χ4v) is 6.80. The van der Waals surface area contributed by atoms with Gasteiger partial charge in [0.25, 0.3) is 0 Å². The molecule has 0 saturated carbocycles. The zero-order valence-electron chi connectivity index (χ0n) is 30.2. The number of hydrogen-bond donors (Lipinski definition) is 2. The van der Waals surface area contributed by atoms with Crippen LogP contribution in [0.4, 0.5) is 36.6 Å². The summed E-state index contributed by atoms with van der Waals surface area (Å²) in [6.45, 7) is 9.35. The molecule has 3 atom stereocenters. The van der Waals surface area contributed by atoms with E-state index in [0.717, 1.165) is 31.9 Å². The van der Waals surface area contributed by atoms with Crippen LogP contribution in [0.1, 0.15) is 63.8 Å². The van der Waals surface area contributed by atoms with E-state index < -0.39 is 17.9 Å². The summed E-state index contributed by atoms with van der Waals surface area (Å²) >= 11 is 0. The minimum atomic E-state index is -4.88. The van der Waals surface area contributed by atoms with Crippen molar-refractivity contribution in [3.63, 3.8) is 0 Å². The third kappa shape index (κ3) is 8.80. The van der Waals surface area contributed by atoms with Crippen LogP contribution in [0.25, 0.3) is 28.9 Å². The van der Waals surface area contributed by atoms with Gasteiger partial charge in [-0.15, -0.1) is 0 Å². The van der Waals surface area contributed by atoms with E-state index in [9.17, 15) is 27.9 Å². The fraction of sp³-hybridized carbons (Fsp3) is 0.528. The van der Waals surface area contributed by atoms with E-state index in [1.54, 1.807) is 24.6 Å². The average molecular weight is 740 g/mol. The third-order valence-electron chi connectivity index (χ3n) is 9.52. The number of ether oxygens (including phenoxy) is 1. The molecule has 5 heterocycles. The van der Waals surface area contributed by atoms with Crippen LogP contribution in [-0.2, 0) is 7.05 Å². The highest BCUT2D eigenvalue weighted by Crippen LogP contribution is 2.41. The SMILES string of the molecule is CC.CC(F)(F)F.C\C(=C(/C=c1/c(N2CC3CCC(C2)N3)nc(OC[C@@H]2CCN2C)n/c1=C\F)C(F)(F)F)c1c(C)n(C)c2ccc(O)c(C#N)c12. The first kappa shape index (κ1) is 40.4. The molecule has 2 N–H and O–H groups in total. The van der Waals surface area contributed by atoms with Crippen LogP contribution >= 0.6 is 0 Å². The predicted octanol–water partition coefficient (Wildman–Crippen LogP) is 6.00. The summed E-state index contributed by atoms with van der Waals surface area (Å²) in [5, 5.41) is 23.5. The van der Waals surface area contributed by atoms with Crippen LogP contribution in [-0.4, -0.2) is 88.3 Å². The first-order valence-electron chi connectivity index (χ1n) is 17.0. The maximum atomic E-state index is 15.0. The number of benzene rings is 1. The molecule has 0 spiro atoms. The van der Waals surface area contributed by atoms with E-state index >= 15 is 13.2 Å². The van der Waals surface area contributed by atoms with Crippen LogP contribution in [0.5, 0.6) is 11.8 Å². The summed E-state index contributed by atoms with van der Waals surface area (Å²) in [5.74, 6) is -0.159. The van der Waals surface area contributed by atoms with Crippen LogP contribution in [0.15, 0.2) is 17.7 Å². The number of anilines is 1. The molecule has 2 bridgehead atoms. The van der Waals surface area contributed by atoms with Gasteiger partial charge in [-0.25, -0.2) is 4.39 Å². The monoisotopic (exact) mass is 739 g/mol. The lowest BCUT2D eigenvalue weighted by Gasteiger charge is -2.37. The molecule has 6 rings (SSSR count). The molecule has 3 aliphatic rings. The lowest BCUT2D eigenvalue weighted by Crippen LogP contribution is -2.53. The van der Waals surface area contributed by atoms with Crippen molar-refractivity contribution < 1.29 is 40.6 Å². The van der Waals surface area contributed by atoms with Gasteiger partial charge in [0, 0.05) is 67.0 Å². The van der Waals surface area contributed by atoms with Crippen LogP contribution in [0, 0.1) is 18.3 Å². The van der Waals surface area contributed by atoms with E-state index in [4.69, 9.17) is 4.74 Å². The van der Waals surface area contributed by atoms with E-state index in [-0.39, 0.29) is 88.2 Å². The minimum absolute atomic E-state index is 0.0921. The van der Waals surface area contributed by atoms with Gasteiger partial charge in [-0.1, -0.05) is 13.8 Å². The van der Waals surface area contributed by atoms with Gasteiger partial charge >= 0.3 is 18.4 Å². The van der Waals surface area contributed by atoms with Crippen LogP contribution in [0.2, 0.25) is 0 Å². The van der Waals surface area contributed by atoms with Crippen molar-refractivity contribution in [1.82, 2.24) is 24.8 Å². The lowest BCUT2D eigenvalue weighted by molar-refractivity contribution is -0.110. The van der Waals surface area contributed by atoms with E-state index in [1.807, 2.05) is 31.9 Å². The number of phenolic OH excluding ortho intramolecular Hbond substituents is 1. The third-order valence-corrected chi connectivity index (χ3v) is 9.52. The second-order valence-electron chi connectivity index (χ2n) is 13.0. The summed E-state index contributed by atoms with van der Waals surface area (Å²) < 4.78 is 98.4. The summed E-state index contributed by atoms with van der Waals surface area (Å²) in [5.41, 5.74) is -0.213. The number of likely N-dealkylation sites (tertiary alicyclic amines) is 1. The highest BCUT2D eigenvalue weighted by molar-refractivity contribution is 6.01. The van der Waals surface area contributed by atoms with Gasteiger partial charge in [-0.05, 0) is 70.5 Å². The molecule has 0 aliphatic carbocycles. The van der Waals surface area contributed by atoms with Crippen LogP contribution in [0.3, 0.4) is 0 Å². The molecule has 2 unspecified atom stereocenters. The number of nitrogens with zero attached hydrogens (tertiary/aromatic N) is 6. The molecule has 3 fully saturated rings. The molecule has 3 aromatic rings. The smallest absolute Gasteiger partial charge is 0.416 e. The number of nitrogens with one attached hydrogen (secondary N) is 1. The number of likely N-dealkylation sites (N-methyl/N-ethyl adjacent to an activating group) is 1. The number of piperazine rings is 1. The number of aromatic hydroxyl groups is 1. The Kier molecular flexibility index (Phi) is 12.5. The topological polar surface area (TPSA) is 102 Å². The first-order chi connectivity index (χ1) is 24.4. The number of allylic oxidation sites excluding steroid dienone is 2. The van der Waals surface area contributed by atoms with Crippen molar-refractivity contribution in [3.05, 3.63) is 45.1 Å². The average Bonchev–Trinajstić information content (AvgIpc) is 3.55. The number of phenols is 1. The van der Waals surface area contributed by atoms with E-state index in [2.05, 4.69) is 20.2 Å². The lowest BCUT2D eigenvalue weighted by atomic mass is 9.95. The van der Waals surface area contributed by atoms with Crippen molar-refractivity contribution in [2.75, 3.05) is 38.2 Å². The van der Waals surface area contributed by atoms with Crippen molar-refractivity contribution in [2.45, 2.75) is 84.4 Å². The molecule has 2 aromatic heterocycles. The summed E-state index contributed by atoms with van der Waals surface area (Å²) in [6.07, 6.45) is -5.01. The number of nitriles is 1. The number of aromatic nitrogens is 3. The number of rotatable bonds is 6. The Balaban J connectivity index is 0.000000797. The molecule has 9 nitrogen and oxygen atoms in total. The Labute approximate surface area is 297 Å². The van der Waals surface area contributed by atoms with Gasteiger partial charge in [-0.3, -0.25) is 4.90 Å². The van der Waals surface area contributed by atoms with Crippen molar-refractivity contribution in [3.8, 4) is 17.8 Å². The first-order valence-corrected chi connectivity index (χ1v) is 17.0.